The minimum Gasteiger partial charge on any atom is -0.491 e. The number of benzene rings is 1. The lowest BCUT2D eigenvalue weighted by Gasteiger charge is -2.42. The van der Waals surface area contributed by atoms with Crippen molar-refractivity contribution >= 4 is 40.8 Å². The Bertz CT molecular complexity index is 1730. The van der Waals surface area contributed by atoms with Crippen LogP contribution in [-0.2, 0) is 25.4 Å². The quantitative estimate of drug-likeness (QED) is 0.276. The van der Waals surface area contributed by atoms with Crippen molar-refractivity contribution in [3.63, 3.8) is 0 Å². The predicted octanol–water partition coefficient (Wildman–Crippen LogP) is 4.61. The number of hydrogen-bond acceptors (Lipinski definition) is 8. The van der Waals surface area contributed by atoms with Crippen molar-refractivity contribution in [3.8, 4) is 5.75 Å². The zero-order chi connectivity index (χ0) is 32.4. The molecule has 1 fully saturated rings. The molecule has 2 amide bonds. The number of imide groups is 1. The summed E-state index contributed by atoms with van der Waals surface area (Å²) >= 11 is 6.19. The molecule has 45 heavy (non-hydrogen) atoms. The van der Waals surface area contributed by atoms with Gasteiger partial charge < -0.3 is 9.84 Å². The summed E-state index contributed by atoms with van der Waals surface area (Å²) in [5.41, 5.74) is 1.06. The number of carbonyl (C=O) groups is 4. The number of ketones is 2. The lowest BCUT2D eigenvalue weighted by atomic mass is 9.59. The van der Waals surface area contributed by atoms with Crippen LogP contribution in [0.15, 0.2) is 70.8 Å². The van der Waals surface area contributed by atoms with Crippen LogP contribution in [0.25, 0.3) is 0 Å². The summed E-state index contributed by atoms with van der Waals surface area (Å²) in [5.74, 6) is -4.93. The fourth-order valence-electron chi connectivity index (χ4n) is 6.85. The molecule has 4 aliphatic rings. The Kier molecular flexibility index (Phi) is 7.68. The second-order valence-electron chi connectivity index (χ2n) is 11.4. The maximum absolute atomic E-state index is 14.1. The molecule has 6 rings (SSSR count). The maximum atomic E-state index is 14.1. The van der Waals surface area contributed by atoms with Gasteiger partial charge >= 0.3 is 6.18 Å². The van der Waals surface area contributed by atoms with Crippen LogP contribution < -0.4 is 9.75 Å². The van der Waals surface area contributed by atoms with E-state index in [1.54, 1.807) is 31.2 Å². The van der Waals surface area contributed by atoms with Crippen LogP contribution in [0.2, 0.25) is 5.02 Å². The Morgan fingerprint density at radius 3 is 2.44 bits per heavy atom. The van der Waals surface area contributed by atoms with E-state index < -0.39 is 53.2 Å². The number of aromatic nitrogens is 1. The van der Waals surface area contributed by atoms with Crippen LogP contribution in [0, 0.1) is 17.8 Å². The minimum atomic E-state index is -4.78. The number of rotatable bonds is 6. The Morgan fingerprint density at radius 2 is 1.78 bits per heavy atom. The number of aliphatic hydroxyl groups excluding tert-OH is 1. The van der Waals surface area contributed by atoms with E-state index in [2.05, 4.69) is 4.98 Å². The number of fused-ring (bicyclic) bond motifs is 3. The summed E-state index contributed by atoms with van der Waals surface area (Å²) in [5, 5.41) is 10.6. The van der Waals surface area contributed by atoms with Crippen LogP contribution in [0.5, 0.6) is 5.75 Å². The van der Waals surface area contributed by atoms with Crippen molar-refractivity contribution in [2.24, 2.45) is 17.8 Å². The van der Waals surface area contributed by atoms with Crippen molar-refractivity contribution < 1.29 is 42.2 Å². The first-order chi connectivity index (χ1) is 21.3. The first-order valence-corrected chi connectivity index (χ1v) is 14.6. The number of amides is 2. The number of nitrogens with zero attached hydrogens (tertiary/aromatic N) is 3. The molecule has 1 saturated heterocycles. The molecule has 0 unspecified atom stereocenters. The highest BCUT2D eigenvalue weighted by Gasteiger charge is 2.57. The number of hydrazine groups is 1. The van der Waals surface area contributed by atoms with Crippen molar-refractivity contribution in [2.45, 2.75) is 31.9 Å². The number of carbonyl (C=O) groups excluding carboxylic acids is 4. The van der Waals surface area contributed by atoms with Gasteiger partial charge in [0.15, 0.2) is 17.4 Å². The molecule has 4 atom stereocenters. The molecule has 1 aliphatic heterocycles. The van der Waals surface area contributed by atoms with E-state index in [0.29, 0.717) is 28.5 Å². The topological polar surface area (TPSA) is 117 Å². The zero-order valence-corrected chi connectivity index (χ0v) is 24.9. The highest BCUT2D eigenvalue weighted by molar-refractivity contribution is 6.33. The summed E-state index contributed by atoms with van der Waals surface area (Å²) in [4.78, 5) is 58.3. The van der Waals surface area contributed by atoms with Gasteiger partial charge in [0.05, 0.1) is 23.5 Å². The lowest BCUT2D eigenvalue weighted by Crippen LogP contribution is -2.46. The highest BCUT2D eigenvalue weighted by Crippen LogP contribution is 2.55. The second-order valence-corrected chi connectivity index (χ2v) is 11.8. The summed E-state index contributed by atoms with van der Waals surface area (Å²) < 4.78 is 45.8. The molecule has 1 aromatic carbocycles. The number of aliphatic hydroxyl groups is 1. The Morgan fingerprint density at radius 1 is 1.07 bits per heavy atom. The zero-order valence-electron chi connectivity index (χ0n) is 24.1. The second kappa shape index (κ2) is 11.3. The number of anilines is 1. The van der Waals surface area contributed by atoms with E-state index in [0.717, 1.165) is 21.7 Å². The van der Waals surface area contributed by atoms with E-state index in [1.807, 2.05) is 6.08 Å². The molecule has 0 radical (unpaired) electrons. The molecular weight excluding hydrogens is 615 g/mol. The molecule has 0 bridgehead atoms. The molecule has 13 heteroatoms. The number of alkyl halides is 3. The number of allylic oxidation sites excluding steroid dienone is 6. The number of ether oxygens (including phenoxy) is 1. The van der Waals surface area contributed by atoms with E-state index in [9.17, 15) is 32.3 Å². The lowest BCUT2D eigenvalue weighted by molar-refractivity contribution is -0.141. The predicted molar refractivity (Wildman–Crippen MR) is 155 cm³/mol. The van der Waals surface area contributed by atoms with Crippen LogP contribution >= 0.6 is 11.6 Å². The standard InChI is InChI=1S/C32H27ClF3N3O6/c1-15-13-23(41)21-14-20-18(25(27(21)28(15)42)16-3-5-17(6-4-16)45-12-11-40)7-8-19-26(20)31(44)39(30(19)43)38(2)29-22(33)9-10-24(37-29)32(34,35)36/h3-7,9-10,13,19-20,25-26,40H,8,11-12,14H2,1-2H3/t19-,20+,25-,26-/m0/s1. The average molecular weight is 642 g/mol. The van der Waals surface area contributed by atoms with Gasteiger partial charge in [0.2, 0.25) is 0 Å². The van der Waals surface area contributed by atoms with Crippen LogP contribution in [0.3, 0.4) is 0 Å². The molecule has 0 saturated carbocycles. The van der Waals surface area contributed by atoms with Gasteiger partial charge in [-0.25, -0.2) is 4.98 Å². The number of Topliss-reactive ketones (excluding diaryl/α,β-unsaturated/α-hetero) is 1. The SMILES string of the molecule is CC1=CC(=O)C2=C(C1=O)[C@@H](c1ccc(OCCO)cc1)C1=CC[C@@H]3C(=O)N(N(C)c4nc(C(F)(F)F)ccc4Cl)C(=O)[C@@H]3[C@@H]1C2. The Balaban J connectivity index is 1.40. The van der Waals surface area contributed by atoms with Gasteiger partial charge in [-0.2, -0.15) is 18.2 Å². The number of pyridine rings is 1. The Hall–Kier alpha value is -4.29. The number of halogens is 4. The third kappa shape index (κ3) is 5.05. The van der Waals surface area contributed by atoms with E-state index in [4.69, 9.17) is 21.4 Å². The van der Waals surface area contributed by atoms with E-state index >= 15 is 0 Å². The van der Waals surface area contributed by atoms with Crippen LogP contribution in [-0.4, -0.2) is 58.7 Å². The van der Waals surface area contributed by atoms with Gasteiger partial charge in [-0.05, 0) is 61.6 Å². The van der Waals surface area contributed by atoms with E-state index in [-0.39, 0.29) is 48.2 Å². The van der Waals surface area contributed by atoms with Gasteiger partial charge in [-0.15, -0.1) is 0 Å². The van der Waals surface area contributed by atoms with E-state index in [1.165, 1.54) is 13.1 Å². The molecule has 2 heterocycles. The average Bonchev–Trinajstić information content (AvgIpc) is 3.26. The van der Waals surface area contributed by atoms with Gasteiger partial charge in [0.25, 0.3) is 11.8 Å². The maximum Gasteiger partial charge on any atom is 0.433 e. The summed E-state index contributed by atoms with van der Waals surface area (Å²) in [7, 11) is 1.25. The molecule has 1 aromatic heterocycles. The van der Waals surface area contributed by atoms with Gasteiger partial charge in [-0.1, -0.05) is 35.4 Å². The monoisotopic (exact) mass is 641 g/mol. The summed E-state index contributed by atoms with van der Waals surface area (Å²) in [6, 6.07) is 8.59. The first-order valence-electron chi connectivity index (χ1n) is 14.2. The molecular formula is C32H27ClF3N3O6. The van der Waals surface area contributed by atoms with Crippen molar-refractivity contribution in [2.75, 3.05) is 25.3 Å². The van der Waals surface area contributed by atoms with Crippen molar-refractivity contribution in [3.05, 3.63) is 87.1 Å². The fraction of sp³-hybridized carbons (Fsp3) is 0.344. The Labute approximate surface area is 260 Å². The van der Waals surface area contributed by atoms with Crippen LogP contribution in [0.4, 0.5) is 19.0 Å². The molecule has 1 N–H and O–H groups in total. The third-order valence-corrected chi connectivity index (χ3v) is 9.13. The fourth-order valence-corrected chi connectivity index (χ4v) is 7.08. The summed E-state index contributed by atoms with van der Waals surface area (Å²) in [6.45, 7) is 1.49. The van der Waals surface area contributed by atoms with Gasteiger partial charge in [0, 0.05) is 29.7 Å². The van der Waals surface area contributed by atoms with Crippen LogP contribution in [0.1, 0.15) is 36.9 Å². The number of hydrogen-bond donors (Lipinski definition) is 1. The molecule has 0 spiro atoms. The largest absolute Gasteiger partial charge is 0.491 e. The first kappa shape index (κ1) is 30.7. The molecule has 234 valence electrons. The third-order valence-electron chi connectivity index (χ3n) is 8.84. The normalized spacial score (nSPS) is 24.6. The van der Waals surface area contributed by atoms with Crippen molar-refractivity contribution in [1.82, 2.24) is 9.99 Å². The van der Waals surface area contributed by atoms with Gasteiger partial charge in [0.1, 0.15) is 18.1 Å². The van der Waals surface area contributed by atoms with Crippen molar-refractivity contribution in [1.29, 1.82) is 0 Å². The highest BCUT2D eigenvalue weighted by atomic mass is 35.5. The van der Waals surface area contributed by atoms with Gasteiger partial charge in [-0.3, -0.25) is 24.2 Å². The minimum absolute atomic E-state index is 0.0457. The molecule has 2 aromatic rings. The smallest absolute Gasteiger partial charge is 0.433 e. The molecule has 9 nitrogen and oxygen atoms in total. The molecule has 3 aliphatic carbocycles. The summed E-state index contributed by atoms with van der Waals surface area (Å²) in [6.07, 6.45) is -1.48.